The number of hydrogen-bond donors (Lipinski definition) is 2. The van der Waals surface area contributed by atoms with Crippen molar-refractivity contribution in [3.63, 3.8) is 0 Å². The standard InChI is InChI=1S/C17H29N5OS.HI/c1-12(23)22-8-6-13(7-9-22)20-16(18-5)19-10-15-21-14(11-24-15)17(2,3)4;/h11,13H,6-10H2,1-5H3,(H2,18,19,20);1H. The average molecular weight is 479 g/mol. The summed E-state index contributed by atoms with van der Waals surface area (Å²) < 4.78 is 0. The van der Waals surface area contributed by atoms with Gasteiger partial charge in [0, 0.05) is 43.9 Å². The van der Waals surface area contributed by atoms with Crippen LogP contribution in [0.4, 0.5) is 0 Å². The van der Waals surface area contributed by atoms with Gasteiger partial charge in [-0.25, -0.2) is 4.98 Å². The van der Waals surface area contributed by atoms with Crippen molar-refractivity contribution in [2.24, 2.45) is 4.99 Å². The topological polar surface area (TPSA) is 69.6 Å². The Morgan fingerprint density at radius 3 is 2.52 bits per heavy atom. The number of carbonyl (C=O) groups is 1. The number of halogens is 1. The molecule has 0 unspecified atom stereocenters. The zero-order valence-electron chi connectivity index (χ0n) is 15.8. The Morgan fingerprint density at radius 1 is 1.40 bits per heavy atom. The summed E-state index contributed by atoms with van der Waals surface area (Å²) in [5, 5.41) is 9.98. The van der Waals surface area contributed by atoms with E-state index >= 15 is 0 Å². The van der Waals surface area contributed by atoms with Gasteiger partial charge >= 0.3 is 0 Å². The number of piperidine rings is 1. The molecule has 2 rings (SSSR count). The second kappa shape index (κ2) is 9.70. The van der Waals surface area contributed by atoms with Crippen molar-refractivity contribution in [2.45, 2.75) is 58.5 Å². The van der Waals surface area contributed by atoms with Crippen LogP contribution in [0.15, 0.2) is 10.4 Å². The van der Waals surface area contributed by atoms with E-state index in [0.717, 1.165) is 42.6 Å². The molecule has 0 spiro atoms. The fourth-order valence-electron chi connectivity index (χ4n) is 2.62. The molecule has 0 aromatic carbocycles. The largest absolute Gasteiger partial charge is 0.354 e. The van der Waals surface area contributed by atoms with E-state index in [1.807, 2.05) is 4.90 Å². The van der Waals surface area contributed by atoms with Crippen LogP contribution in [0.2, 0.25) is 0 Å². The van der Waals surface area contributed by atoms with Gasteiger partial charge < -0.3 is 15.5 Å². The molecule has 0 saturated carbocycles. The third-order valence-electron chi connectivity index (χ3n) is 4.23. The number of guanidine groups is 1. The number of rotatable bonds is 3. The SMILES string of the molecule is CN=C(NCc1nc(C(C)(C)C)cs1)NC1CCN(C(C)=O)CC1.I. The first-order valence-electron chi connectivity index (χ1n) is 8.47. The van der Waals surface area contributed by atoms with E-state index in [1.54, 1.807) is 25.3 Å². The monoisotopic (exact) mass is 479 g/mol. The number of hydrogen-bond acceptors (Lipinski definition) is 4. The minimum atomic E-state index is 0. The first-order chi connectivity index (χ1) is 11.3. The number of thiazole rings is 1. The molecule has 6 nitrogen and oxygen atoms in total. The maximum atomic E-state index is 11.4. The lowest BCUT2D eigenvalue weighted by atomic mass is 9.93. The van der Waals surface area contributed by atoms with E-state index in [4.69, 9.17) is 4.98 Å². The van der Waals surface area contributed by atoms with E-state index in [1.165, 1.54) is 0 Å². The molecule has 1 aromatic rings. The predicted octanol–water partition coefficient (Wildman–Crippen LogP) is 2.73. The van der Waals surface area contributed by atoms with Crippen molar-refractivity contribution in [3.05, 3.63) is 16.1 Å². The average Bonchev–Trinajstić information content (AvgIpc) is 3.01. The third kappa shape index (κ3) is 6.73. The number of nitrogens with zero attached hydrogens (tertiary/aromatic N) is 3. The number of likely N-dealkylation sites (tertiary alicyclic amines) is 1. The summed E-state index contributed by atoms with van der Waals surface area (Å²) in [7, 11) is 1.78. The van der Waals surface area contributed by atoms with E-state index in [-0.39, 0.29) is 35.3 Å². The summed E-state index contributed by atoms with van der Waals surface area (Å²) in [6.45, 7) is 10.4. The molecule has 1 fully saturated rings. The van der Waals surface area contributed by atoms with Gasteiger partial charge in [-0.05, 0) is 12.8 Å². The van der Waals surface area contributed by atoms with Gasteiger partial charge in [0.05, 0.1) is 12.2 Å². The Balaban J connectivity index is 0.00000312. The fraction of sp³-hybridized carbons (Fsp3) is 0.706. The van der Waals surface area contributed by atoms with Crippen LogP contribution in [0, 0.1) is 0 Å². The zero-order chi connectivity index (χ0) is 17.7. The normalized spacial score (nSPS) is 16.4. The first-order valence-corrected chi connectivity index (χ1v) is 9.35. The quantitative estimate of drug-likeness (QED) is 0.398. The van der Waals surface area contributed by atoms with E-state index in [0.29, 0.717) is 12.6 Å². The molecule has 142 valence electrons. The molecule has 25 heavy (non-hydrogen) atoms. The minimum Gasteiger partial charge on any atom is -0.354 e. The van der Waals surface area contributed by atoms with Gasteiger partial charge in [0.2, 0.25) is 5.91 Å². The number of carbonyl (C=O) groups excluding carboxylic acids is 1. The molecule has 0 aliphatic carbocycles. The summed E-state index contributed by atoms with van der Waals surface area (Å²) in [5.74, 6) is 0.957. The highest BCUT2D eigenvalue weighted by Crippen LogP contribution is 2.23. The van der Waals surface area contributed by atoms with Crippen LogP contribution in [-0.4, -0.2) is 47.9 Å². The van der Waals surface area contributed by atoms with E-state index < -0.39 is 0 Å². The molecular formula is C17H30IN5OS. The minimum absolute atomic E-state index is 0. The summed E-state index contributed by atoms with van der Waals surface area (Å²) in [5.41, 5.74) is 1.21. The Bertz CT molecular complexity index is 588. The first kappa shape index (κ1) is 22.1. The molecule has 0 bridgehead atoms. The Hall–Kier alpha value is -0.900. The Morgan fingerprint density at radius 2 is 2.04 bits per heavy atom. The zero-order valence-corrected chi connectivity index (χ0v) is 18.9. The number of nitrogens with one attached hydrogen (secondary N) is 2. The fourth-order valence-corrected chi connectivity index (χ4v) is 3.58. The molecule has 1 amide bonds. The lowest BCUT2D eigenvalue weighted by Gasteiger charge is -2.32. The third-order valence-corrected chi connectivity index (χ3v) is 5.08. The highest BCUT2D eigenvalue weighted by molar-refractivity contribution is 14.0. The van der Waals surface area contributed by atoms with Crippen molar-refractivity contribution in [2.75, 3.05) is 20.1 Å². The maximum absolute atomic E-state index is 11.4. The van der Waals surface area contributed by atoms with Gasteiger partial charge in [-0.1, -0.05) is 20.8 Å². The molecule has 2 N–H and O–H groups in total. The van der Waals surface area contributed by atoms with Crippen LogP contribution in [0.3, 0.4) is 0 Å². The molecule has 1 aliphatic rings. The van der Waals surface area contributed by atoms with Crippen LogP contribution < -0.4 is 10.6 Å². The highest BCUT2D eigenvalue weighted by atomic mass is 127. The van der Waals surface area contributed by atoms with Gasteiger partial charge in [0.25, 0.3) is 0 Å². The molecular weight excluding hydrogens is 449 g/mol. The van der Waals surface area contributed by atoms with Crippen molar-refractivity contribution in [3.8, 4) is 0 Å². The summed E-state index contributed by atoms with van der Waals surface area (Å²) >= 11 is 1.68. The van der Waals surface area contributed by atoms with Crippen LogP contribution in [0.25, 0.3) is 0 Å². The molecule has 8 heteroatoms. The maximum Gasteiger partial charge on any atom is 0.219 e. The summed E-state index contributed by atoms with van der Waals surface area (Å²) in [4.78, 5) is 22.3. The number of aromatic nitrogens is 1. The van der Waals surface area contributed by atoms with Crippen LogP contribution in [0.5, 0.6) is 0 Å². The second-order valence-corrected chi connectivity index (χ2v) is 8.17. The highest BCUT2D eigenvalue weighted by Gasteiger charge is 2.21. The van der Waals surface area contributed by atoms with Crippen molar-refractivity contribution >= 4 is 47.2 Å². The lowest BCUT2D eigenvalue weighted by molar-refractivity contribution is -0.129. The van der Waals surface area contributed by atoms with Crippen LogP contribution >= 0.6 is 35.3 Å². The second-order valence-electron chi connectivity index (χ2n) is 7.23. The van der Waals surface area contributed by atoms with E-state index in [2.05, 4.69) is 41.8 Å². The van der Waals surface area contributed by atoms with E-state index in [9.17, 15) is 4.79 Å². The van der Waals surface area contributed by atoms with Crippen molar-refractivity contribution in [1.29, 1.82) is 0 Å². The number of aliphatic imine (C=N–C) groups is 1. The predicted molar refractivity (Wildman–Crippen MR) is 115 cm³/mol. The van der Waals surface area contributed by atoms with Crippen molar-refractivity contribution in [1.82, 2.24) is 20.5 Å². The van der Waals surface area contributed by atoms with Gasteiger partial charge in [-0.15, -0.1) is 35.3 Å². The smallest absolute Gasteiger partial charge is 0.219 e. The summed E-state index contributed by atoms with van der Waals surface area (Å²) in [6.07, 6.45) is 1.90. The van der Waals surface area contributed by atoms with Crippen LogP contribution in [0.1, 0.15) is 51.2 Å². The Kier molecular flexibility index (Phi) is 8.59. The van der Waals surface area contributed by atoms with Crippen molar-refractivity contribution < 1.29 is 4.79 Å². The molecule has 1 saturated heterocycles. The lowest BCUT2D eigenvalue weighted by Crippen LogP contribution is -2.49. The molecule has 0 atom stereocenters. The van der Waals surface area contributed by atoms with Gasteiger partial charge in [-0.2, -0.15) is 0 Å². The van der Waals surface area contributed by atoms with Gasteiger partial charge in [-0.3, -0.25) is 9.79 Å². The van der Waals surface area contributed by atoms with Gasteiger partial charge in [0.15, 0.2) is 5.96 Å². The van der Waals surface area contributed by atoms with Gasteiger partial charge in [0.1, 0.15) is 5.01 Å². The molecule has 1 aliphatic heterocycles. The number of amides is 1. The molecule has 0 radical (unpaired) electrons. The molecule has 1 aromatic heterocycles. The van der Waals surface area contributed by atoms with Crippen LogP contribution in [-0.2, 0) is 16.8 Å². The Labute approximate surface area is 171 Å². The molecule has 2 heterocycles. The summed E-state index contributed by atoms with van der Waals surface area (Å²) in [6, 6.07) is 0.355.